The molecule has 0 N–H and O–H groups in total. The zero-order valence-corrected chi connectivity index (χ0v) is 31.3. The topological polar surface area (TPSA) is 6.48 Å². The Morgan fingerprint density at radius 2 is 0.579 bits per heavy atom. The lowest BCUT2D eigenvalue weighted by Gasteiger charge is -2.44. The van der Waals surface area contributed by atoms with Crippen LogP contribution in [0, 0.1) is 0 Å². The fourth-order valence-electron chi connectivity index (χ4n) is 9.02. The summed E-state index contributed by atoms with van der Waals surface area (Å²) in [5, 5.41) is 0. The summed E-state index contributed by atoms with van der Waals surface area (Å²) in [4.78, 5) is 4.96. The van der Waals surface area contributed by atoms with E-state index in [2.05, 4.69) is 234 Å². The summed E-state index contributed by atoms with van der Waals surface area (Å²) in [5.74, 6) is 0. The lowest BCUT2D eigenvalue weighted by molar-refractivity contribution is 1.25. The smallest absolute Gasteiger partial charge is 0.252 e. The van der Waals surface area contributed by atoms with E-state index >= 15 is 0 Å². The van der Waals surface area contributed by atoms with Crippen LogP contribution in [0.3, 0.4) is 0 Å². The summed E-state index contributed by atoms with van der Waals surface area (Å²) in [6.07, 6.45) is 0. The van der Waals surface area contributed by atoms with Crippen molar-refractivity contribution in [3.05, 3.63) is 224 Å². The number of hydrogen-bond acceptors (Lipinski definition) is 2. The molecule has 0 saturated heterocycles. The first-order valence-electron chi connectivity index (χ1n) is 19.7. The van der Waals surface area contributed by atoms with E-state index in [0.717, 1.165) is 11.4 Å². The third kappa shape index (κ3) is 5.67. The molecule has 0 spiro atoms. The summed E-state index contributed by atoms with van der Waals surface area (Å²) in [6.45, 7) is 0.0375. The molecule has 2 heterocycles. The molecule has 0 bridgehead atoms. The van der Waals surface area contributed by atoms with E-state index in [-0.39, 0.29) is 6.71 Å². The van der Waals surface area contributed by atoms with Gasteiger partial charge in [0.1, 0.15) is 0 Å². The lowest BCUT2D eigenvalue weighted by atomic mass is 9.33. The SMILES string of the molecule is c1ccc(-c2cccc(-c3ccc4c(c3)N(c3ccccc3)c3cccc5c3B4c3ccc(-c4cccc(-c6ccccc6)c4)cc3N5c3ccccc3)c2)cc1. The molecule has 0 atom stereocenters. The Hall–Kier alpha value is -7.36. The maximum absolute atomic E-state index is 2.48. The normalized spacial score (nSPS) is 12.5. The maximum Gasteiger partial charge on any atom is 0.252 e. The van der Waals surface area contributed by atoms with Crippen LogP contribution in [-0.4, -0.2) is 6.71 Å². The monoisotopic (exact) mass is 724 g/mol. The molecule has 2 aliphatic heterocycles. The van der Waals surface area contributed by atoms with E-state index in [0.29, 0.717) is 0 Å². The summed E-state index contributed by atoms with van der Waals surface area (Å²) >= 11 is 0. The van der Waals surface area contributed by atoms with Gasteiger partial charge >= 0.3 is 0 Å². The molecular formula is C54H37BN2. The van der Waals surface area contributed by atoms with Crippen LogP contribution in [0.1, 0.15) is 0 Å². The second kappa shape index (κ2) is 13.7. The molecule has 0 aromatic heterocycles. The molecule has 0 unspecified atom stereocenters. The second-order valence-electron chi connectivity index (χ2n) is 14.9. The Morgan fingerprint density at radius 1 is 0.246 bits per heavy atom. The van der Waals surface area contributed by atoms with Gasteiger partial charge in [0.25, 0.3) is 6.71 Å². The first-order chi connectivity index (χ1) is 28.3. The zero-order valence-electron chi connectivity index (χ0n) is 31.3. The molecule has 266 valence electrons. The van der Waals surface area contributed by atoms with E-state index in [1.807, 2.05) is 0 Å². The van der Waals surface area contributed by atoms with Crippen molar-refractivity contribution in [1.82, 2.24) is 0 Å². The minimum atomic E-state index is 0.0375. The lowest BCUT2D eigenvalue weighted by Crippen LogP contribution is -2.61. The van der Waals surface area contributed by atoms with Gasteiger partial charge in [-0.3, -0.25) is 0 Å². The Labute approximate surface area is 334 Å². The Bertz CT molecular complexity index is 2710. The van der Waals surface area contributed by atoms with Crippen LogP contribution in [0.2, 0.25) is 0 Å². The maximum atomic E-state index is 2.48. The van der Waals surface area contributed by atoms with Crippen molar-refractivity contribution in [1.29, 1.82) is 0 Å². The van der Waals surface area contributed by atoms with Crippen molar-refractivity contribution in [3.63, 3.8) is 0 Å². The first-order valence-corrected chi connectivity index (χ1v) is 19.7. The van der Waals surface area contributed by atoms with Gasteiger partial charge in [-0.05, 0) is 122 Å². The van der Waals surface area contributed by atoms with Crippen molar-refractivity contribution in [3.8, 4) is 44.5 Å². The highest BCUT2D eigenvalue weighted by molar-refractivity contribution is 7.00. The van der Waals surface area contributed by atoms with Gasteiger partial charge in [-0.1, -0.05) is 164 Å². The molecule has 11 rings (SSSR count). The molecular weight excluding hydrogens is 687 g/mol. The van der Waals surface area contributed by atoms with Gasteiger partial charge in [0, 0.05) is 34.1 Å². The van der Waals surface area contributed by atoms with Crippen molar-refractivity contribution in [2.24, 2.45) is 0 Å². The molecule has 3 heteroatoms. The fraction of sp³-hybridized carbons (Fsp3) is 0. The molecule has 2 aliphatic rings. The van der Waals surface area contributed by atoms with Gasteiger partial charge in [-0.15, -0.1) is 0 Å². The highest BCUT2D eigenvalue weighted by Crippen LogP contribution is 2.45. The first kappa shape index (κ1) is 33.0. The van der Waals surface area contributed by atoms with Crippen LogP contribution in [-0.2, 0) is 0 Å². The largest absolute Gasteiger partial charge is 0.311 e. The Kier molecular flexibility index (Phi) is 7.96. The van der Waals surface area contributed by atoms with Crippen LogP contribution in [0.25, 0.3) is 44.5 Å². The van der Waals surface area contributed by atoms with E-state index in [9.17, 15) is 0 Å². The van der Waals surface area contributed by atoms with E-state index in [1.165, 1.54) is 83.6 Å². The molecule has 0 fully saturated rings. The van der Waals surface area contributed by atoms with Crippen molar-refractivity contribution < 1.29 is 0 Å². The van der Waals surface area contributed by atoms with E-state index in [1.54, 1.807) is 0 Å². The minimum absolute atomic E-state index is 0.0375. The number of fused-ring (bicyclic) bond motifs is 4. The highest BCUT2D eigenvalue weighted by atomic mass is 15.2. The standard InChI is InChI=1S/C54H37BN2/c1-5-16-38(17-6-1)40-20-13-22-42(34-40)44-30-32-48-52(36-44)56(46-24-9-3-10-25-46)50-28-15-29-51-54(50)55(48)49-33-31-45(37-53(49)57(51)47-26-11-4-12-27-47)43-23-14-21-41(35-43)39-18-7-2-8-19-39/h1-37H. The molecule has 57 heavy (non-hydrogen) atoms. The summed E-state index contributed by atoms with van der Waals surface area (Å²) in [7, 11) is 0. The molecule has 0 radical (unpaired) electrons. The highest BCUT2D eigenvalue weighted by Gasteiger charge is 2.43. The average Bonchev–Trinajstić information content (AvgIpc) is 3.30. The zero-order chi connectivity index (χ0) is 37.7. The molecule has 9 aromatic rings. The Balaban J connectivity index is 1.12. The van der Waals surface area contributed by atoms with Gasteiger partial charge in [-0.25, -0.2) is 0 Å². The predicted octanol–water partition coefficient (Wildman–Crippen LogP) is 12.4. The summed E-state index contributed by atoms with van der Waals surface area (Å²) in [5.41, 5.74) is 20.7. The number of rotatable bonds is 6. The van der Waals surface area contributed by atoms with Crippen molar-refractivity contribution in [2.45, 2.75) is 0 Å². The van der Waals surface area contributed by atoms with E-state index < -0.39 is 0 Å². The second-order valence-corrected chi connectivity index (χ2v) is 14.9. The van der Waals surface area contributed by atoms with Crippen molar-refractivity contribution in [2.75, 3.05) is 9.80 Å². The van der Waals surface area contributed by atoms with Gasteiger partial charge in [-0.2, -0.15) is 0 Å². The van der Waals surface area contributed by atoms with Gasteiger partial charge in [0.2, 0.25) is 0 Å². The van der Waals surface area contributed by atoms with Gasteiger partial charge < -0.3 is 9.80 Å². The van der Waals surface area contributed by atoms with Crippen LogP contribution in [0.5, 0.6) is 0 Å². The number of para-hydroxylation sites is 2. The van der Waals surface area contributed by atoms with Crippen LogP contribution < -0.4 is 26.2 Å². The minimum Gasteiger partial charge on any atom is -0.311 e. The van der Waals surface area contributed by atoms with Crippen LogP contribution in [0.15, 0.2) is 224 Å². The van der Waals surface area contributed by atoms with E-state index in [4.69, 9.17) is 0 Å². The number of anilines is 6. The number of hydrogen-bond donors (Lipinski definition) is 0. The van der Waals surface area contributed by atoms with Gasteiger partial charge in [0.05, 0.1) is 0 Å². The molecule has 2 nitrogen and oxygen atoms in total. The number of benzene rings is 9. The van der Waals surface area contributed by atoms with Crippen molar-refractivity contribution >= 4 is 57.2 Å². The number of nitrogens with zero attached hydrogens (tertiary/aromatic N) is 2. The van der Waals surface area contributed by atoms with Gasteiger partial charge in [0.15, 0.2) is 0 Å². The summed E-state index contributed by atoms with van der Waals surface area (Å²) in [6, 6.07) is 82.0. The van der Waals surface area contributed by atoms with Crippen LogP contribution >= 0.6 is 0 Å². The quantitative estimate of drug-likeness (QED) is 0.158. The summed E-state index contributed by atoms with van der Waals surface area (Å²) < 4.78 is 0. The molecule has 9 aromatic carbocycles. The molecule has 0 aliphatic carbocycles. The Morgan fingerprint density at radius 3 is 1.00 bits per heavy atom. The third-order valence-electron chi connectivity index (χ3n) is 11.6. The molecule has 0 amide bonds. The average molecular weight is 725 g/mol. The van der Waals surface area contributed by atoms with Crippen LogP contribution in [0.4, 0.5) is 34.1 Å². The fourth-order valence-corrected chi connectivity index (χ4v) is 9.02. The molecule has 0 saturated carbocycles. The third-order valence-corrected chi connectivity index (χ3v) is 11.6. The predicted molar refractivity (Wildman–Crippen MR) is 242 cm³/mol.